The van der Waals surface area contributed by atoms with Crippen molar-refractivity contribution >= 4 is 11.7 Å². The highest BCUT2D eigenvalue weighted by Crippen LogP contribution is 2.32. The Hall–Kier alpha value is -2.38. The largest absolute Gasteiger partial charge is 0.419 e. The van der Waals surface area contributed by atoms with Crippen molar-refractivity contribution in [2.24, 2.45) is 0 Å². The highest BCUT2D eigenvalue weighted by molar-refractivity contribution is 6.03. The standard InChI is InChI=1S/C12H9F4N3O/c1-6-4-10(19-18-6)17-11(20)7-2-3-9(13)8(5-7)12(14,15)16/h2-5H,1H3,(H2,17,18,19,20). The summed E-state index contributed by atoms with van der Waals surface area (Å²) >= 11 is 0. The average molecular weight is 287 g/mol. The van der Waals surface area contributed by atoms with Gasteiger partial charge >= 0.3 is 6.18 Å². The van der Waals surface area contributed by atoms with Crippen LogP contribution in [0.15, 0.2) is 24.3 Å². The molecule has 0 atom stereocenters. The molecule has 0 aliphatic rings. The quantitative estimate of drug-likeness (QED) is 0.834. The maximum absolute atomic E-state index is 13.1. The number of aryl methyl sites for hydroxylation is 1. The van der Waals surface area contributed by atoms with E-state index < -0.39 is 23.5 Å². The lowest BCUT2D eigenvalue weighted by Gasteiger charge is -2.09. The lowest BCUT2D eigenvalue weighted by molar-refractivity contribution is -0.140. The summed E-state index contributed by atoms with van der Waals surface area (Å²) in [5.41, 5.74) is -1.11. The Morgan fingerprint density at radius 1 is 1.30 bits per heavy atom. The van der Waals surface area contributed by atoms with Crippen molar-refractivity contribution in [1.82, 2.24) is 10.2 Å². The van der Waals surface area contributed by atoms with Crippen LogP contribution in [-0.2, 0) is 6.18 Å². The maximum atomic E-state index is 13.1. The molecular formula is C12H9F4N3O. The van der Waals surface area contributed by atoms with E-state index in [1.165, 1.54) is 6.07 Å². The molecule has 2 rings (SSSR count). The van der Waals surface area contributed by atoms with Crippen molar-refractivity contribution < 1.29 is 22.4 Å². The van der Waals surface area contributed by atoms with Crippen LogP contribution in [0.4, 0.5) is 23.4 Å². The van der Waals surface area contributed by atoms with Crippen molar-refractivity contribution in [2.45, 2.75) is 13.1 Å². The number of nitrogens with zero attached hydrogens (tertiary/aromatic N) is 1. The highest BCUT2D eigenvalue weighted by Gasteiger charge is 2.34. The molecule has 8 heteroatoms. The number of carbonyl (C=O) groups excluding carboxylic acids is 1. The zero-order chi connectivity index (χ0) is 14.9. The molecule has 4 nitrogen and oxygen atoms in total. The minimum atomic E-state index is -4.86. The Morgan fingerprint density at radius 3 is 2.55 bits per heavy atom. The Bertz CT molecular complexity index is 648. The molecular weight excluding hydrogens is 278 g/mol. The summed E-state index contributed by atoms with van der Waals surface area (Å²) in [5, 5.41) is 8.59. The summed E-state index contributed by atoms with van der Waals surface area (Å²) in [7, 11) is 0. The fourth-order valence-electron chi connectivity index (χ4n) is 1.55. The molecule has 2 aromatic rings. The molecule has 1 amide bonds. The van der Waals surface area contributed by atoms with Crippen LogP contribution >= 0.6 is 0 Å². The molecule has 0 saturated heterocycles. The molecule has 0 unspecified atom stereocenters. The first-order chi connectivity index (χ1) is 9.27. The van der Waals surface area contributed by atoms with Gasteiger partial charge in [0.15, 0.2) is 5.82 Å². The van der Waals surface area contributed by atoms with Gasteiger partial charge in [0.25, 0.3) is 5.91 Å². The van der Waals surface area contributed by atoms with Crippen LogP contribution in [0.2, 0.25) is 0 Å². The Balaban J connectivity index is 2.27. The zero-order valence-electron chi connectivity index (χ0n) is 10.2. The summed E-state index contributed by atoms with van der Waals surface area (Å²) < 4.78 is 50.7. The van der Waals surface area contributed by atoms with Gasteiger partial charge in [0.2, 0.25) is 0 Å². The number of carbonyl (C=O) groups is 1. The number of hydrogen-bond acceptors (Lipinski definition) is 2. The number of aromatic nitrogens is 2. The Labute approximate surface area is 110 Å². The van der Waals surface area contributed by atoms with Crippen molar-refractivity contribution in [3.8, 4) is 0 Å². The van der Waals surface area contributed by atoms with E-state index in [4.69, 9.17) is 0 Å². The predicted octanol–water partition coefficient (Wildman–Crippen LogP) is 3.13. The molecule has 106 valence electrons. The molecule has 0 bridgehead atoms. The van der Waals surface area contributed by atoms with E-state index in [9.17, 15) is 22.4 Å². The van der Waals surface area contributed by atoms with Crippen LogP contribution in [0.3, 0.4) is 0 Å². The van der Waals surface area contributed by atoms with E-state index >= 15 is 0 Å². The minimum Gasteiger partial charge on any atom is -0.305 e. The molecule has 1 heterocycles. The van der Waals surface area contributed by atoms with Crippen LogP contribution in [0.25, 0.3) is 0 Å². The minimum absolute atomic E-state index is 0.172. The van der Waals surface area contributed by atoms with Crippen LogP contribution in [0.5, 0.6) is 0 Å². The van der Waals surface area contributed by atoms with E-state index in [1.807, 2.05) is 0 Å². The average Bonchev–Trinajstić information content (AvgIpc) is 2.73. The third-order valence-electron chi connectivity index (χ3n) is 2.48. The first-order valence-electron chi connectivity index (χ1n) is 5.47. The molecule has 1 aromatic carbocycles. The number of aromatic amines is 1. The van der Waals surface area contributed by atoms with Gasteiger partial charge in [0, 0.05) is 17.3 Å². The van der Waals surface area contributed by atoms with Crippen LogP contribution in [-0.4, -0.2) is 16.1 Å². The van der Waals surface area contributed by atoms with Gasteiger partial charge in [-0.3, -0.25) is 9.89 Å². The number of halogens is 4. The number of anilines is 1. The third-order valence-corrected chi connectivity index (χ3v) is 2.48. The number of hydrogen-bond donors (Lipinski definition) is 2. The molecule has 1 aromatic heterocycles. The maximum Gasteiger partial charge on any atom is 0.419 e. The second-order valence-corrected chi connectivity index (χ2v) is 4.08. The summed E-state index contributed by atoms with van der Waals surface area (Å²) in [5.74, 6) is -2.06. The Kier molecular flexibility index (Phi) is 3.47. The number of nitrogens with one attached hydrogen (secondary N) is 2. The van der Waals surface area contributed by atoms with Gasteiger partial charge in [-0.15, -0.1) is 0 Å². The lowest BCUT2D eigenvalue weighted by atomic mass is 10.1. The van der Waals surface area contributed by atoms with Gasteiger partial charge in [-0.2, -0.15) is 18.3 Å². The normalized spacial score (nSPS) is 11.4. The van der Waals surface area contributed by atoms with Gasteiger partial charge in [-0.1, -0.05) is 0 Å². The fraction of sp³-hybridized carbons (Fsp3) is 0.167. The number of benzene rings is 1. The van der Waals surface area contributed by atoms with Gasteiger partial charge in [0.1, 0.15) is 5.82 Å². The van der Waals surface area contributed by atoms with E-state index in [1.54, 1.807) is 6.92 Å². The SMILES string of the molecule is Cc1cc(NC(=O)c2ccc(F)c(C(F)(F)F)c2)n[nH]1. The number of rotatable bonds is 2. The molecule has 0 aliphatic carbocycles. The van der Waals surface area contributed by atoms with Crippen molar-refractivity contribution in [1.29, 1.82) is 0 Å². The first kappa shape index (κ1) is 14.0. The molecule has 2 N–H and O–H groups in total. The molecule has 0 fully saturated rings. The van der Waals surface area contributed by atoms with E-state index in [0.717, 1.165) is 6.07 Å². The predicted molar refractivity (Wildman–Crippen MR) is 62.7 cm³/mol. The van der Waals surface area contributed by atoms with Gasteiger partial charge in [-0.25, -0.2) is 4.39 Å². The highest BCUT2D eigenvalue weighted by atomic mass is 19.4. The van der Waals surface area contributed by atoms with Crippen LogP contribution in [0, 0.1) is 12.7 Å². The van der Waals surface area contributed by atoms with Gasteiger partial charge in [-0.05, 0) is 25.1 Å². The number of alkyl halides is 3. The van der Waals surface area contributed by atoms with Gasteiger partial charge in [0.05, 0.1) is 5.56 Å². The van der Waals surface area contributed by atoms with Crippen LogP contribution < -0.4 is 5.32 Å². The van der Waals surface area contributed by atoms with Crippen molar-refractivity contribution in [3.05, 3.63) is 46.9 Å². The Morgan fingerprint density at radius 2 is 2.00 bits per heavy atom. The third kappa shape index (κ3) is 2.95. The van der Waals surface area contributed by atoms with E-state index in [2.05, 4.69) is 15.5 Å². The van der Waals surface area contributed by atoms with E-state index in [-0.39, 0.29) is 11.4 Å². The summed E-state index contributed by atoms with van der Waals surface area (Å²) in [6, 6.07) is 3.54. The molecule has 0 spiro atoms. The second-order valence-electron chi connectivity index (χ2n) is 4.08. The smallest absolute Gasteiger partial charge is 0.305 e. The fourth-order valence-corrected chi connectivity index (χ4v) is 1.55. The van der Waals surface area contributed by atoms with Gasteiger partial charge < -0.3 is 5.32 Å². The summed E-state index contributed by atoms with van der Waals surface area (Å²) in [6.45, 7) is 1.70. The monoisotopic (exact) mass is 287 g/mol. The molecule has 20 heavy (non-hydrogen) atoms. The van der Waals surface area contributed by atoms with E-state index in [0.29, 0.717) is 17.8 Å². The number of H-pyrrole nitrogens is 1. The first-order valence-corrected chi connectivity index (χ1v) is 5.47. The lowest BCUT2D eigenvalue weighted by Crippen LogP contribution is -2.15. The molecule has 0 aliphatic heterocycles. The second kappa shape index (κ2) is 4.95. The zero-order valence-corrected chi connectivity index (χ0v) is 10.2. The molecule has 0 radical (unpaired) electrons. The molecule has 0 saturated carbocycles. The summed E-state index contributed by atoms with van der Waals surface area (Å²) in [6.07, 6.45) is -4.86. The summed E-state index contributed by atoms with van der Waals surface area (Å²) in [4.78, 5) is 11.8. The van der Waals surface area contributed by atoms with Crippen LogP contribution in [0.1, 0.15) is 21.6 Å². The topological polar surface area (TPSA) is 57.8 Å². The number of amides is 1. The van der Waals surface area contributed by atoms with Crippen molar-refractivity contribution in [2.75, 3.05) is 5.32 Å². The van der Waals surface area contributed by atoms with Crippen molar-refractivity contribution in [3.63, 3.8) is 0 Å².